The summed E-state index contributed by atoms with van der Waals surface area (Å²) in [6, 6.07) is 28.2. The van der Waals surface area contributed by atoms with E-state index in [1.165, 1.54) is 86.0 Å². The molecular weight excluding hydrogens is 643 g/mol. The molecule has 0 saturated carbocycles. The minimum absolute atomic E-state index is 0.150. The van der Waals surface area contributed by atoms with Crippen molar-refractivity contribution in [3.63, 3.8) is 0 Å². The van der Waals surface area contributed by atoms with Gasteiger partial charge in [0.1, 0.15) is 0 Å². The molecule has 0 aromatic heterocycles. The number of benzene rings is 4. The van der Waals surface area contributed by atoms with Crippen LogP contribution in [-0.4, -0.2) is 0 Å². The second kappa shape index (κ2) is 11.4. The first-order chi connectivity index (χ1) is 21.3. The van der Waals surface area contributed by atoms with Gasteiger partial charge < -0.3 is 0 Å². The Kier molecular flexibility index (Phi) is 7.86. The predicted molar refractivity (Wildman–Crippen MR) is 192 cm³/mol. The van der Waals surface area contributed by atoms with E-state index in [-0.39, 0.29) is 10.8 Å². The van der Waals surface area contributed by atoms with Crippen molar-refractivity contribution in [3.05, 3.63) is 128 Å². The number of hydrogen-bond acceptors (Lipinski definition) is 0. The molecule has 229 valence electrons. The summed E-state index contributed by atoms with van der Waals surface area (Å²) in [6.07, 6.45) is 8.58. The SMILES string of the molecule is CC1=Cc2c(-c3ccc(C(C)(C)C)cc3)cccc2[CH]1[Zr]([Cl])[CH]1C(C)=Cc2c1cc1c(c2-c2ccc(C(C)(C)C)cc2)CCC1. The zero-order valence-electron chi connectivity index (χ0n) is 28.2. The van der Waals surface area contributed by atoms with Crippen molar-refractivity contribution < 1.29 is 20.6 Å². The number of halogens is 1. The van der Waals surface area contributed by atoms with E-state index in [9.17, 15) is 0 Å². The van der Waals surface area contributed by atoms with Gasteiger partial charge in [0, 0.05) is 0 Å². The Labute approximate surface area is 282 Å². The van der Waals surface area contributed by atoms with E-state index >= 15 is 0 Å². The van der Waals surface area contributed by atoms with Crippen LogP contribution in [0.4, 0.5) is 0 Å². The quantitative estimate of drug-likeness (QED) is 0.200. The zero-order chi connectivity index (χ0) is 31.8. The molecule has 4 aromatic carbocycles. The molecule has 0 fully saturated rings. The Bertz CT molecular complexity index is 1860. The maximum absolute atomic E-state index is 7.94. The van der Waals surface area contributed by atoms with E-state index in [0.29, 0.717) is 7.25 Å². The molecule has 0 amide bonds. The Morgan fingerprint density at radius 1 is 0.644 bits per heavy atom. The van der Waals surface area contributed by atoms with Crippen molar-refractivity contribution in [3.8, 4) is 22.3 Å². The summed E-state index contributed by atoms with van der Waals surface area (Å²) >= 11 is -2.64. The number of fused-ring (bicyclic) bond motifs is 3. The third kappa shape index (κ3) is 5.41. The van der Waals surface area contributed by atoms with Gasteiger partial charge in [0.2, 0.25) is 0 Å². The van der Waals surface area contributed by atoms with Crippen molar-refractivity contribution in [2.45, 2.75) is 92.7 Å². The molecule has 0 nitrogen and oxygen atoms in total. The second-order valence-corrected chi connectivity index (χ2v) is 23.0. The molecule has 2 unspecified atom stereocenters. The zero-order valence-corrected chi connectivity index (χ0v) is 31.5. The van der Waals surface area contributed by atoms with Crippen molar-refractivity contribution in [1.82, 2.24) is 0 Å². The second-order valence-electron chi connectivity index (χ2n) is 15.7. The van der Waals surface area contributed by atoms with E-state index in [0.717, 1.165) is 0 Å². The van der Waals surface area contributed by atoms with Crippen LogP contribution >= 0.6 is 8.51 Å². The molecule has 7 rings (SSSR count). The normalized spacial score (nSPS) is 18.8. The Morgan fingerprint density at radius 3 is 1.80 bits per heavy atom. The number of aryl methyl sites for hydroxylation is 1. The van der Waals surface area contributed by atoms with Gasteiger partial charge in [0.25, 0.3) is 0 Å². The number of hydrogen-bond donors (Lipinski definition) is 0. The number of rotatable bonds is 4. The van der Waals surface area contributed by atoms with Crippen LogP contribution in [0.2, 0.25) is 0 Å². The van der Waals surface area contributed by atoms with Crippen molar-refractivity contribution >= 4 is 20.7 Å². The summed E-state index contributed by atoms with van der Waals surface area (Å²) in [5.74, 6) is 0. The fourth-order valence-corrected chi connectivity index (χ4v) is 17.5. The molecule has 45 heavy (non-hydrogen) atoms. The topological polar surface area (TPSA) is 0 Å². The van der Waals surface area contributed by atoms with Crippen LogP contribution in [0.15, 0.2) is 83.9 Å². The van der Waals surface area contributed by atoms with Gasteiger partial charge in [0.05, 0.1) is 0 Å². The third-order valence-electron chi connectivity index (χ3n) is 10.5. The summed E-state index contributed by atoms with van der Waals surface area (Å²) in [7, 11) is 7.94. The van der Waals surface area contributed by atoms with E-state index in [2.05, 4.69) is 140 Å². The van der Waals surface area contributed by atoms with Crippen LogP contribution < -0.4 is 0 Å². The summed E-state index contributed by atoms with van der Waals surface area (Å²) in [6.45, 7) is 18.4. The molecule has 0 heterocycles. The van der Waals surface area contributed by atoms with Crippen LogP contribution in [0.3, 0.4) is 0 Å². The van der Waals surface area contributed by atoms with Gasteiger partial charge in [-0.05, 0) is 0 Å². The molecule has 3 aliphatic rings. The molecular formula is C43H46ClZr. The third-order valence-corrected chi connectivity index (χ3v) is 19.6. The first kappa shape index (κ1) is 31.1. The average molecular weight is 690 g/mol. The first-order valence-electron chi connectivity index (χ1n) is 16.7. The molecule has 0 N–H and O–H groups in total. The van der Waals surface area contributed by atoms with Gasteiger partial charge in [-0.25, -0.2) is 0 Å². The van der Waals surface area contributed by atoms with Crippen LogP contribution in [0, 0.1) is 0 Å². The molecule has 3 aliphatic carbocycles. The molecule has 2 heteroatoms. The first-order valence-corrected chi connectivity index (χ1v) is 22.8. The fraction of sp³-hybridized carbons (Fsp3) is 0.349. The number of allylic oxidation sites excluding steroid dienone is 2. The minimum atomic E-state index is -2.64. The van der Waals surface area contributed by atoms with Crippen LogP contribution in [0.25, 0.3) is 34.4 Å². The van der Waals surface area contributed by atoms with Crippen LogP contribution in [0.5, 0.6) is 0 Å². The van der Waals surface area contributed by atoms with Gasteiger partial charge in [-0.1, -0.05) is 0 Å². The molecule has 0 aliphatic heterocycles. The standard InChI is InChI=1S/C23H25.C20H21.ClH.Zr/c1-15-12-18-14-17-6-5-7-20(17)22(21(18)13-15)16-8-10-19(11-9-16)23(2,3)4;1-14-12-16-6-5-7-18(19(16)13-14)15-8-10-17(11-9-15)20(2,3)4;;/h8-14H,5-7H2,1-4H3;5-13H,1-4H3;1H;/q;;;+1/p-1. The predicted octanol–water partition coefficient (Wildman–Crippen LogP) is 12.5. The van der Waals surface area contributed by atoms with Gasteiger partial charge in [-0.2, -0.15) is 0 Å². The monoisotopic (exact) mass is 687 g/mol. The van der Waals surface area contributed by atoms with E-state index in [1.54, 1.807) is 11.1 Å². The van der Waals surface area contributed by atoms with Gasteiger partial charge >= 0.3 is 285 Å². The van der Waals surface area contributed by atoms with Gasteiger partial charge in [0.15, 0.2) is 0 Å². The molecule has 2 atom stereocenters. The fourth-order valence-electron chi connectivity index (χ4n) is 8.05. The molecule has 4 aromatic rings. The van der Waals surface area contributed by atoms with E-state index < -0.39 is 20.6 Å². The summed E-state index contributed by atoms with van der Waals surface area (Å²) < 4.78 is 0.761. The molecule has 0 spiro atoms. The molecule has 0 radical (unpaired) electrons. The van der Waals surface area contributed by atoms with E-state index in [1.807, 2.05) is 0 Å². The Morgan fingerprint density at radius 2 is 1.20 bits per heavy atom. The summed E-state index contributed by atoms with van der Waals surface area (Å²) in [5, 5.41) is 0. The Balaban J connectivity index is 1.28. The van der Waals surface area contributed by atoms with Crippen molar-refractivity contribution in [1.29, 1.82) is 0 Å². The average Bonchev–Trinajstić information content (AvgIpc) is 3.68. The molecule has 0 saturated heterocycles. The summed E-state index contributed by atoms with van der Waals surface area (Å²) in [4.78, 5) is 0. The van der Waals surface area contributed by atoms with Crippen LogP contribution in [-0.2, 0) is 44.2 Å². The Hall–Kier alpha value is -2.47. The van der Waals surface area contributed by atoms with Crippen molar-refractivity contribution in [2.75, 3.05) is 0 Å². The molecule has 0 bridgehead atoms. The van der Waals surface area contributed by atoms with Gasteiger partial charge in [-0.3, -0.25) is 0 Å². The maximum atomic E-state index is 7.94. The van der Waals surface area contributed by atoms with Crippen LogP contribution in [0.1, 0.15) is 114 Å². The van der Waals surface area contributed by atoms with Crippen molar-refractivity contribution in [2.24, 2.45) is 0 Å². The van der Waals surface area contributed by atoms with Gasteiger partial charge in [-0.15, -0.1) is 0 Å². The van der Waals surface area contributed by atoms with E-state index in [4.69, 9.17) is 8.51 Å². The summed E-state index contributed by atoms with van der Waals surface area (Å²) in [5.41, 5.74) is 20.4.